The first-order chi connectivity index (χ1) is 9.58. The van der Waals surface area contributed by atoms with Gasteiger partial charge in [-0.15, -0.1) is 0 Å². The van der Waals surface area contributed by atoms with Gasteiger partial charge in [-0.2, -0.15) is 11.8 Å². The molecule has 0 saturated carbocycles. The zero-order chi connectivity index (χ0) is 14.5. The normalized spacial score (nSPS) is 18.4. The van der Waals surface area contributed by atoms with Crippen LogP contribution in [0.25, 0.3) is 6.08 Å². The van der Waals surface area contributed by atoms with Gasteiger partial charge in [-0.3, -0.25) is 4.79 Å². The van der Waals surface area contributed by atoms with E-state index in [1.807, 2.05) is 23.7 Å². The molecule has 1 heterocycles. The lowest BCUT2D eigenvalue weighted by molar-refractivity contribution is -0.131. The summed E-state index contributed by atoms with van der Waals surface area (Å²) in [6, 6.07) is 7.30. The molecule has 1 aromatic rings. The van der Waals surface area contributed by atoms with Crippen LogP contribution in [0.5, 0.6) is 0 Å². The maximum Gasteiger partial charge on any atom is 0.328 e. The molecule has 2 rings (SSSR count). The van der Waals surface area contributed by atoms with Crippen LogP contribution in [0, 0.1) is 0 Å². The Labute approximate surface area is 122 Å². The number of carboxylic acid groups (broad SMARTS) is 1. The molecule has 0 radical (unpaired) electrons. The molecule has 1 unspecified atom stereocenters. The van der Waals surface area contributed by atoms with Gasteiger partial charge in [0.2, 0.25) is 0 Å². The Bertz CT molecular complexity index is 518. The quantitative estimate of drug-likeness (QED) is 0.865. The van der Waals surface area contributed by atoms with Crippen molar-refractivity contribution in [1.82, 2.24) is 4.90 Å². The minimum atomic E-state index is -0.983. The summed E-state index contributed by atoms with van der Waals surface area (Å²) >= 11 is 1.88. The minimum Gasteiger partial charge on any atom is -0.478 e. The molecule has 106 valence electrons. The number of hydrogen-bond donors (Lipinski definition) is 1. The van der Waals surface area contributed by atoms with Crippen LogP contribution in [0.4, 0.5) is 0 Å². The first kappa shape index (κ1) is 14.7. The van der Waals surface area contributed by atoms with Crippen molar-refractivity contribution in [1.29, 1.82) is 0 Å². The zero-order valence-electron chi connectivity index (χ0n) is 11.3. The molecule has 1 amide bonds. The summed E-state index contributed by atoms with van der Waals surface area (Å²) in [7, 11) is 1.84. The molecular formula is C15H17NO3S. The molecule has 1 fully saturated rings. The maximum atomic E-state index is 12.3. The summed E-state index contributed by atoms with van der Waals surface area (Å²) in [6.45, 7) is 0. The second-order valence-corrected chi connectivity index (χ2v) is 5.88. The zero-order valence-corrected chi connectivity index (χ0v) is 12.1. The average Bonchev–Trinajstić information content (AvgIpc) is 2.98. The van der Waals surface area contributed by atoms with Gasteiger partial charge in [-0.1, -0.05) is 12.1 Å². The number of thioether (sulfide) groups is 1. The molecule has 1 aromatic carbocycles. The first-order valence-electron chi connectivity index (χ1n) is 6.44. The fourth-order valence-corrected chi connectivity index (χ4v) is 3.37. The van der Waals surface area contributed by atoms with E-state index in [0.717, 1.165) is 29.6 Å². The van der Waals surface area contributed by atoms with Gasteiger partial charge in [-0.05, 0) is 35.9 Å². The molecule has 5 heteroatoms. The van der Waals surface area contributed by atoms with Crippen molar-refractivity contribution in [2.75, 3.05) is 18.6 Å². The highest BCUT2D eigenvalue weighted by molar-refractivity contribution is 7.99. The van der Waals surface area contributed by atoms with Crippen LogP contribution in [0.3, 0.4) is 0 Å². The first-order valence-corrected chi connectivity index (χ1v) is 7.59. The van der Waals surface area contributed by atoms with E-state index in [1.165, 1.54) is 6.08 Å². The second kappa shape index (κ2) is 6.61. The largest absolute Gasteiger partial charge is 0.478 e. The molecule has 0 spiro atoms. The van der Waals surface area contributed by atoms with Crippen molar-refractivity contribution in [2.24, 2.45) is 0 Å². The van der Waals surface area contributed by atoms with Gasteiger partial charge in [0.25, 0.3) is 5.91 Å². The summed E-state index contributed by atoms with van der Waals surface area (Å²) in [5.74, 6) is 1.15. The van der Waals surface area contributed by atoms with Crippen molar-refractivity contribution in [3.8, 4) is 0 Å². The topological polar surface area (TPSA) is 57.6 Å². The van der Waals surface area contributed by atoms with Gasteiger partial charge in [0, 0.05) is 30.5 Å². The third-order valence-electron chi connectivity index (χ3n) is 3.35. The van der Waals surface area contributed by atoms with E-state index in [2.05, 4.69) is 0 Å². The molecule has 20 heavy (non-hydrogen) atoms. The molecule has 0 bridgehead atoms. The Balaban J connectivity index is 2.05. The number of amides is 1. The lowest BCUT2D eigenvalue weighted by Gasteiger charge is -2.23. The van der Waals surface area contributed by atoms with E-state index in [1.54, 1.807) is 24.3 Å². The van der Waals surface area contributed by atoms with E-state index < -0.39 is 5.97 Å². The third-order valence-corrected chi connectivity index (χ3v) is 4.49. The highest BCUT2D eigenvalue weighted by Gasteiger charge is 2.24. The van der Waals surface area contributed by atoms with E-state index in [4.69, 9.17) is 5.11 Å². The number of rotatable bonds is 4. The Morgan fingerprint density at radius 1 is 1.35 bits per heavy atom. The number of nitrogens with zero attached hydrogens (tertiary/aromatic N) is 1. The minimum absolute atomic E-state index is 0.0197. The van der Waals surface area contributed by atoms with Crippen LogP contribution in [0.2, 0.25) is 0 Å². The Morgan fingerprint density at radius 3 is 2.60 bits per heavy atom. The van der Waals surface area contributed by atoms with Crippen molar-refractivity contribution in [2.45, 2.75) is 12.5 Å². The Morgan fingerprint density at radius 2 is 2.05 bits per heavy atom. The van der Waals surface area contributed by atoms with Crippen molar-refractivity contribution < 1.29 is 14.7 Å². The standard InChI is InChI=1S/C15H17NO3S/c1-16(13-8-9-20-10-13)15(19)12-5-2-11(3-6-12)4-7-14(17)18/h2-7,13H,8-10H2,1H3,(H,17,18). The van der Waals surface area contributed by atoms with Gasteiger partial charge in [0.05, 0.1) is 0 Å². The monoisotopic (exact) mass is 291 g/mol. The van der Waals surface area contributed by atoms with Gasteiger partial charge in [-0.25, -0.2) is 4.79 Å². The summed E-state index contributed by atoms with van der Waals surface area (Å²) < 4.78 is 0. The number of benzene rings is 1. The van der Waals surface area contributed by atoms with Crippen LogP contribution in [-0.2, 0) is 4.79 Å². The lowest BCUT2D eigenvalue weighted by atomic mass is 10.1. The SMILES string of the molecule is CN(C(=O)c1ccc(C=CC(=O)O)cc1)C1CCSC1. The third kappa shape index (κ3) is 3.63. The Hall–Kier alpha value is -1.75. The average molecular weight is 291 g/mol. The Kier molecular flexibility index (Phi) is 4.84. The fourth-order valence-electron chi connectivity index (χ4n) is 2.10. The highest BCUT2D eigenvalue weighted by Crippen LogP contribution is 2.22. The molecular weight excluding hydrogens is 274 g/mol. The lowest BCUT2D eigenvalue weighted by Crippen LogP contribution is -2.36. The molecule has 0 aliphatic carbocycles. The van der Waals surface area contributed by atoms with E-state index in [0.29, 0.717) is 11.6 Å². The van der Waals surface area contributed by atoms with Crippen LogP contribution >= 0.6 is 11.8 Å². The smallest absolute Gasteiger partial charge is 0.328 e. The van der Waals surface area contributed by atoms with Gasteiger partial charge in [0.15, 0.2) is 0 Å². The van der Waals surface area contributed by atoms with Crippen molar-refractivity contribution in [3.05, 3.63) is 41.5 Å². The highest BCUT2D eigenvalue weighted by atomic mass is 32.2. The number of hydrogen-bond acceptors (Lipinski definition) is 3. The molecule has 4 nitrogen and oxygen atoms in total. The maximum absolute atomic E-state index is 12.3. The van der Waals surface area contributed by atoms with Crippen LogP contribution in [0.1, 0.15) is 22.3 Å². The second-order valence-electron chi connectivity index (χ2n) is 4.73. The van der Waals surface area contributed by atoms with Crippen LogP contribution < -0.4 is 0 Å². The number of aliphatic carboxylic acids is 1. The molecule has 1 atom stereocenters. The predicted octanol–water partition coefficient (Wildman–Crippen LogP) is 2.36. The van der Waals surface area contributed by atoms with Crippen molar-refractivity contribution >= 4 is 29.7 Å². The molecule has 1 aliphatic heterocycles. The van der Waals surface area contributed by atoms with Crippen molar-refractivity contribution in [3.63, 3.8) is 0 Å². The number of carbonyl (C=O) groups excluding carboxylic acids is 1. The summed E-state index contributed by atoms with van der Waals surface area (Å²) in [4.78, 5) is 24.6. The van der Waals surface area contributed by atoms with E-state index in [9.17, 15) is 9.59 Å². The van der Waals surface area contributed by atoms with E-state index >= 15 is 0 Å². The molecule has 0 aromatic heterocycles. The summed E-state index contributed by atoms with van der Waals surface area (Å²) in [5, 5.41) is 8.56. The van der Waals surface area contributed by atoms with Gasteiger partial charge < -0.3 is 10.0 Å². The predicted molar refractivity (Wildman–Crippen MR) is 80.9 cm³/mol. The van der Waals surface area contributed by atoms with Crippen LogP contribution in [0.15, 0.2) is 30.3 Å². The molecule has 1 N–H and O–H groups in total. The molecule has 1 saturated heterocycles. The summed E-state index contributed by atoms with van der Waals surface area (Å²) in [5.41, 5.74) is 1.40. The van der Waals surface area contributed by atoms with Gasteiger partial charge in [0.1, 0.15) is 0 Å². The number of carboxylic acids is 1. The molecule has 1 aliphatic rings. The fraction of sp³-hybridized carbons (Fsp3) is 0.333. The van der Waals surface area contributed by atoms with E-state index in [-0.39, 0.29) is 5.91 Å². The number of carbonyl (C=O) groups is 2. The summed E-state index contributed by atoms with van der Waals surface area (Å²) in [6.07, 6.45) is 3.64. The van der Waals surface area contributed by atoms with Crippen LogP contribution in [-0.4, -0.2) is 46.5 Å². The van der Waals surface area contributed by atoms with Gasteiger partial charge >= 0.3 is 5.97 Å².